The summed E-state index contributed by atoms with van der Waals surface area (Å²) in [5.74, 6) is 1.11. The maximum atomic E-state index is 12.1. The predicted molar refractivity (Wildman–Crippen MR) is 99.0 cm³/mol. The fourth-order valence-electron chi connectivity index (χ4n) is 3.41. The Morgan fingerprint density at radius 3 is 2.84 bits per heavy atom. The number of carbonyl (C=O) groups excluding carboxylic acids is 1. The van der Waals surface area contributed by atoms with E-state index in [4.69, 9.17) is 0 Å². The van der Waals surface area contributed by atoms with Crippen LogP contribution in [0.3, 0.4) is 0 Å². The van der Waals surface area contributed by atoms with Crippen LogP contribution < -0.4 is 5.32 Å². The number of nitrogens with one attached hydrogen (secondary N) is 1. The maximum absolute atomic E-state index is 12.1. The summed E-state index contributed by atoms with van der Waals surface area (Å²) in [4.78, 5) is 18.9. The molecule has 1 aliphatic rings. The van der Waals surface area contributed by atoms with Gasteiger partial charge in [-0.1, -0.05) is 31.2 Å². The molecule has 0 aliphatic carbocycles. The van der Waals surface area contributed by atoms with Crippen LogP contribution in [0.1, 0.15) is 43.1 Å². The molecule has 2 heterocycles. The van der Waals surface area contributed by atoms with E-state index in [2.05, 4.69) is 51.0 Å². The standard InChI is InChI=1S/C20H28N4O/c1-2-19-21-9-13-24(19)12-8-20(25)22-15-17-6-5-7-18(14-17)16-23-10-3-4-11-23/h5-7,9,13-14H,2-4,8,10-12,15-16H2,1H3,(H,22,25). The first kappa shape index (κ1) is 17.7. The lowest BCUT2D eigenvalue weighted by Gasteiger charge is -2.15. The van der Waals surface area contributed by atoms with Crippen molar-refractivity contribution in [1.82, 2.24) is 19.8 Å². The zero-order valence-electron chi connectivity index (χ0n) is 15.1. The van der Waals surface area contributed by atoms with Gasteiger partial charge < -0.3 is 9.88 Å². The van der Waals surface area contributed by atoms with Crippen LogP contribution in [0.25, 0.3) is 0 Å². The number of hydrogen-bond donors (Lipinski definition) is 1. The van der Waals surface area contributed by atoms with Gasteiger partial charge in [0.1, 0.15) is 5.82 Å². The number of rotatable bonds is 8. The monoisotopic (exact) mass is 340 g/mol. The van der Waals surface area contributed by atoms with E-state index in [1.165, 1.54) is 37.1 Å². The van der Waals surface area contributed by atoms with Crippen molar-refractivity contribution in [2.24, 2.45) is 0 Å². The third kappa shape index (κ3) is 5.16. The van der Waals surface area contributed by atoms with Crippen molar-refractivity contribution in [2.45, 2.75) is 52.2 Å². The van der Waals surface area contributed by atoms with Crippen LogP contribution in [-0.4, -0.2) is 33.4 Å². The molecule has 0 unspecified atom stereocenters. The van der Waals surface area contributed by atoms with Gasteiger partial charge in [-0.15, -0.1) is 0 Å². The number of carbonyl (C=O) groups is 1. The number of nitrogens with zero attached hydrogens (tertiary/aromatic N) is 3. The molecule has 0 bridgehead atoms. The lowest BCUT2D eigenvalue weighted by molar-refractivity contribution is -0.121. The van der Waals surface area contributed by atoms with E-state index in [-0.39, 0.29) is 5.91 Å². The molecule has 1 saturated heterocycles. The second kappa shape index (κ2) is 8.81. The predicted octanol–water partition coefficient (Wildman–Crippen LogP) is 2.75. The molecule has 1 aliphatic heterocycles. The Kier molecular flexibility index (Phi) is 6.23. The van der Waals surface area contributed by atoms with Crippen LogP contribution in [0.2, 0.25) is 0 Å². The van der Waals surface area contributed by atoms with Crippen LogP contribution in [0, 0.1) is 0 Å². The maximum Gasteiger partial charge on any atom is 0.222 e. The number of imidazole rings is 1. The van der Waals surface area contributed by atoms with Crippen molar-refractivity contribution in [3.05, 3.63) is 53.6 Å². The van der Waals surface area contributed by atoms with Crippen molar-refractivity contribution in [3.63, 3.8) is 0 Å². The topological polar surface area (TPSA) is 50.2 Å². The van der Waals surface area contributed by atoms with Crippen LogP contribution in [0.15, 0.2) is 36.7 Å². The Morgan fingerprint density at radius 2 is 2.04 bits per heavy atom. The Balaban J connectivity index is 1.45. The summed E-state index contributed by atoms with van der Waals surface area (Å²) in [5.41, 5.74) is 2.50. The van der Waals surface area contributed by atoms with Gasteiger partial charge in [-0.25, -0.2) is 4.98 Å². The number of aryl methyl sites for hydroxylation is 2. The van der Waals surface area contributed by atoms with Crippen LogP contribution in [0.4, 0.5) is 0 Å². The molecule has 1 fully saturated rings. The van der Waals surface area contributed by atoms with E-state index in [1.807, 2.05) is 6.20 Å². The molecule has 0 atom stereocenters. The van der Waals surface area contributed by atoms with Crippen LogP contribution in [-0.2, 0) is 30.8 Å². The molecule has 2 aromatic rings. The minimum atomic E-state index is 0.0840. The zero-order chi connectivity index (χ0) is 17.5. The first-order chi connectivity index (χ1) is 12.2. The van der Waals surface area contributed by atoms with Crippen molar-refractivity contribution in [3.8, 4) is 0 Å². The molecule has 134 valence electrons. The minimum absolute atomic E-state index is 0.0840. The fourth-order valence-corrected chi connectivity index (χ4v) is 3.41. The minimum Gasteiger partial charge on any atom is -0.352 e. The van der Waals surface area contributed by atoms with Gasteiger partial charge in [-0.3, -0.25) is 9.69 Å². The molecule has 25 heavy (non-hydrogen) atoms. The number of hydrogen-bond acceptors (Lipinski definition) is 3. The van der Waals surface area contributed by atoms with Gasteiger partial charge in [-0.2, -0.15) is 0 Å². The van der Waals surface area contributed by atoms with Crippen molar-refractivity contribution < 1.29 is 4.79 Å². The number of benzene rings is 1. The van der Waals surface area contributed by atoms with E-state index in [1.54, 1.807) is 6.20 Å². The second-order valence-corrected chi connectivity index (χ2v) is 6.72. The largest absolute Gasteiger partial charge is 0.352 e. The highest BCUT2D eigenvalue weighted by atomic mass is 16.1. The van der Waals surface area contributed by atoms with Gasteiger partial charge >= 0.3 is 0 Å². The number of aromatic nitrogens is 2. The molecular formula is C20H28N4O. The average molecular weight is 340 g/mol. The molecular weight excluding hydrogens is 312 g/mol. The molecule has 0 saturated carbocycles. The summed E-state index contributed by atoms with van der Waals surface area (Å²) in [5, 5.41) is 3.03. The molecule has 0 radical (unpaired) electrons. The van der Waals surface area contributed by atoms with Crippen LogP contribution >= 0.6 is 0 Å². The first-order valence-corrected chi connectivity index (χ1v) is 9.31. The van der Waals surface area contributed by atoms with E-state index in [9.17, 15) is 4.79 Å². The van der Waals surface area contributed by atoms with Gasteiger partial charge in [0.05, 0.1) is 0 Å². The molecule has 3 rings (SSSR count). The summed E-state index contributed by atoms with van der Waals surface area (Å²) >= 11 is 0. The normalized spacial score (nSPS) is 14.8. The third-order valence-electron chi connectivity index (χ3n) is 4.78. The van der Waals surface area contributed by atoms with Crippen molar-refractivity contribution >= 4 is 5.91 Å². The Bertz CT molecular complexity index is 689. The zero-order valence-corrected chi connectivity index (χ0v) is 15.1. The highest BCUT2D eigenvalue weighted by molar-refractivity contribution is 5.75. The smallest absolute Gasteiger partial charge is 0.222 e. The van der Waals surface area contributed by atoms with Crippen molar-refractivity contribution in [2.75, 3.05) is 13.1 Å². The number of likely N-dealkylation sites (tertiary alicyclic amines) is 1. The molecule has 0 spiro atoms. The SMILES string of the molecule is CCc1nccn1CCC(=O)NCc1cccc(CN2CCCC2)c1. The third-order valence-corrected chi connectivity index (χ3v) is 4.78. The Labute approximate surface area is 150 Å². The lowest BCUT2D eigenvalue weighted by Crippen LogP contribution is -2.24. The quantitative estimate of drug-likeness (QED) is 0.804. The fraction of sp³-hybridized carbons (Fsp3) is 0.500. The lowest BCUT2D eigenvalue weighted by atomic mass is 10.1. The summed E-state index contributed by atoms with van der Waals surface area (Å²) in [6.45, 7) is 6.78. The molecule has 1 amide bonds. The van der Waals surface area contributed by atoms with E-state index in [0.29, 0.717) is 19.5 Å². The van der Waals surface area contributed by atoms with E-state index in [0.717, 1.165) is 18.8 Å². The molecule has 1 aromatic heterocycles. The highest BCUT2D eigenvalue weighted by Crippen LogP contribution is 2.14. The number of amides is 1. The Morgan fingerprint density at radius 1 is 1.24 bits per heavy atom. The molecule has 5 nitrogen and oxygen atoms in total. The van der Waals surface area contributed by atoms with Crippen molar-refractivity contribution in [1.29, 1.82) is 0 Å². The summed E-state index contributed by atoms with van der Waals surface area (Å²) < 4.78 is 2.05. The average Bonchev–Trinajstić information content (AvgIpc) is 3.29. The summed E-state index contributed by atoms with van der Waals surface area (Å²) in [6, 6.07) is 8.56. The van der Waals surface area contributed by atoms with Gasteiger partial charge in [0.25, 0.3) is 0 Å². The summed E-state index contributed by atoms with van der Waals surface area (Å²) in [6.07, 6.45) is 7.73. The van der Waals surface area contributed by atoms with E-state index >= 15 is 0 Å². The molecule has 1 N–H and O–H groups in total. The van der Waals surface area contributed by atoms with Gasteiger partial charge in [-0.05, 0) is 37.1 Å². The Hall–Kier alpha value is -2.14. The van der Waals surface area contributed by atoms with Gasteiger partial charge in [0.2, 0.25) is 5.91 Å². The highest BCUT2D eigenvalue weighted by Gasteiger charge is 2.12. The van der Waals surface area contributed by atoms with Crippen LogP contribution in [0.5, 0.6) is 0 Å². The molecule has 5 heteroatoms. The first-order valence-electron chi connectivity index (χ1n) is 9.31. The molecule has 1 aromatic carbocycles. The van der Waals surface area contributed by atoms with Gasteiger partial charge in [0, 0.05) is 44.9 Å². The summed E-state index contributed by atoms with van der Waals surface area (Å²) in [7, 11) is 0. The van der Waals surface area contributed by atoms with E-state index < -0.39 is 0 Å². The van der Waals surface area contributed by atoms with Gasteiger partial charge in [0.15, 0.2) is 0 Å². The second-order valence-electron chi connectivity index (χ2n) is 6.72.